The zero-order valence-corrected chi connectivity index (χ0v) is 13.8. The van der Waals surface area contributed by atoms with E-state index in [0.29, 0.717) is 0 Å². The first kappa shape index (κ1) is 18.1. The average Bonchev–Trinajstić information content (AvgIpc) is 2.57. The molecule has 0 radical (unpaired) electrons. The lowest BCUT2D eigenvalue weighted by molar-refractivity contribution is -0.142. The van der Waals surface area contributed by atoms with Crippen molar-refractivity contribution >= 4 is 23.4 Å². The van der Waals surface area contributed by atoms with Gasteiger partial charge in [0.2, 0.25) is 0 Å². The second-order valence-electron chi connectivity index (χ2n) is 5.03. The molecule has 1 heterocycles. The molecular formula is C17H17ClF2N2O2. The second-order valence-corrected chi connectivity index (χ2v) is 5.44. The Balaban J connectivity index is 2.06. The Bertz CT molecular complexity index is 696. The summed E-state index contributed by atoms with van der Waals surface area (Å²) < 4.78 is 33.1. The van der Waals surface area contributed by atoms with E-state index < -0.39 is 18.4 Å². The van der Waals surface area contributed by atoms with Crippen molar-refractivity contribution in [2.24, 2.45) is 0 Å². The van der Waals surface area contributed by atoms with E-state index in [9.17, 15) is 13.6 Å². The molecule has 4 nitrogen and oxygen atoms in total. The minimum absolute atomic E-state index is 0.0850. The standard InChI is InChI=1S/C17H17ClF2N2O2/c1-2-24-16(23)10-14-13(18)8-9-15(22-14)21-11-17(19,20)12-6-4-3-5-7-12/h3-9H,2,10-11H2,1H3,(H,21,22). The van der Waals surface area contributed by atoms with Crippen LogP contribution in [0.3, 0.4) is 0 Å². The van der Waals surface area contributed by atoms with Crippen LogP contribution in [-0.2, 0) is 21.9 Å². The largest absolute Gasteiger partial charge is 0.466 e. The molecule has 2 aromatic rings. The summed E-state index contributed by atoms with van der Waals surface area (Å²) in [5.74, 6) is -3.31. The molecule has 0 amide bonds. The van der Waals surface area contributed by atoms with Gasteiger partial charge in [-0.1, -0.05) is 41.9 Å². The molecule has 1 N–H and O–H groups in total. The van der Waals surface area contributed by atoms with Gasteiger partial charge in [-0.15, -0.1) is 0 Å². The van der Waals surface area contributed by atoms with Gasteiger partial charge in [0.1, 0.15) is 5.82 Å². The molecule has 0 saturated carbocycles. The predicted molar refractivity (Wildman–Crippen MR) is 88.4 cm³/mol. The van der Waals surface area contributed by atoms with Crippen molar-refractivity contribution in [1.82, 2.24) is 4.98 Å². The molecule has 0 aliphatic rings. The molecular weight excluding hydrogens is 338 g/mol. The van der Waals surface area contributed by atoms with Gasteiger partial charge in [-0.3, -0.25) is 4.79 Å². The number of pyridine rings is 1. The van der Waals surface area contributed by atoms with E-state index in [4.69, 9.17) is 16.3 Å². The van der Waals surface area contributed by atoms with Crippen molar-refractivity contribution in [2.45, 2.75) is 19.3 Å². The van der Waals surface area contributed by atoms with Crippen LogP contribution in [0.2, 0.25) is 5.02 Å². The van der Waals surface area contributed by atoms with E-state index in [1.165, 1.54) is 24.3 Å². The summed E-state index contributed by atoms with van der Waals surface area (Å²) in [7, 11) is 0. The SMILES string of the molecule is CCOC(=O)Cc1nc(NCC(F)(F)c2ccccc2)ccc1Cl. The maximum atomic E-state index is 14.1. The van der Waals surface area contributed by atoms with Crippen LogP contribution in [0.5, 0.6) is 0 Å². The predicted octanol–water partition coefficient (Wildman–Crippen LogP) is 4.04. The van der Waals surface area contributed by atoms with E-state index in [0.717, 1.165) is 0 Å². The van der Waals surface area contributed by atoms with Crippen LogP contribution >= 0.6 is 11.6 Å². The van der Waals surface area contributed by atoms with Crippen LogP contribution in [0.15, 0.2) is 42.5 Å². The highest BCUT2D eigenvalue weighted by atomic mass is 35.5. The van der Waals surface area contributed by atoms with Crippen LogP contribution < -0.4 is 5.32 Å². The number of hydrogen-bond donors (Lipinski definition) is 1. The van der Waals surface area contributed by atoms with Crippen LogP contribution in [-0.4, -0.2) is 24.1 Å². The molecule has 7 heteroatoms. The first-order valence-electron chi connectivity index (χ1n) is 7.40. The van der Waals surface area contributed by atoms with Gasteiger partial charge >= 0.3 is 5.97 Å². The molecule has 128 valence electrons. The first-order valence-corrected chi connectivity index (χ1v) is 7.78. The number of anilines is 1. The number of halogens is 3. The van der Waals surface area contributed by atoms with E-state index in [-0.39, 0.29) is 35.1 Å². The summed E-state index contributed by atoms with van der Waals surface area (Å²) in [4.78, 5) is 15.6. The highest BCUT2D eigenvalue weighted by Gasteiger charge is 2.31. The lowest BCUT2D eigenvalue weighted by atomic mass is 10.1. The van der Waals surface area contributed by atoms with Gasteiger partial charge in [-0.05, 0) is 19.1 Å². The van der Waals surface area contributed by atoms with E-state index in [1.54, 1.807) is 25.1 Å². The maximum absolute atomic E-state index is 14.1. The smallest absolute Gasteiger partial charge is 0.311 e. The summed E-state index contributed by atoms with van der Waals surface area (Å²) in [5, 5.41) is 2.87. The van der Waals surface area contributed by atoms with Gasteiger partial charge in [0.05, 0.1) is 30.3 Å². The molecule has 0 spiro atoms. The molecule has 0 atom stereocenters. The Kier molecular flexibility index (Phi) is 6.09. The van der Waals surface area contributed by atoms with Crippen molar-refractivity contribution in [3.8, 4) is 0 Å². The fourth-order valence-corrected chi connectivity index (χ4v) is 2.21. The number of rotatable bonds is 7. The minimum atomic E-state index is -3.05. The number of alkyl halides is 2. The number of nitrogens with one attached hydrogen (secondary N) is 1. The van der Waals surface area contributed by atoms with Crippen molar-refractivity contribution in [3.63, 3.8) is 0 Å². The molecule has 0 aliphatic carbocycles. The normalized spacial score (nSPS) is 11.2. The molecule has 1 aromatic heterocycles. The second kappa shape index (κ2) is 8.06. The van der Waals surface area contributed by atoms with Crippen LogP contribution in [0.4, 0.5) is 14.6 Å². The number of carbonyl (C=O) groups is 1. The monoisotopic (exact) mass is 354 g/mol. The molecule has 0 fully saturated rings. The Morgan fingerprint density at radius 3 is 2.62 bits per heavy atom. The van der Waals surface area contributed by atoms with E-state index in [1.807, 2.05) is 0 Å². The number of hydrogen-bond acceptors (Lipinski definition) is 4. The maximum Gasteiger partial charge on any atom is 0.311 e. The fourth-order valence-electron chi connectivity index (χ4n) is 2.04. The summed E-state index contributed by atoms with van der Waals surface area (Å²) >= 11 is 5.98. The molecule has 0 saturated heterocycles. The van der Waals surface area contributed by atoms with Gasteiger partial charge in [0.15, 0.2) is 0 Å². The zero-order valence-electron chi connectivity index (χ0n) is 13.1. The first-order chi connectivity index (χ1) is 11.4. The van der Waals surface area contributed by atoms with Crippen molar-refractivity contribution in [3.05, 3.63) is 58.7 Å². The summed E-state index contributed by atoms with van der Waals surface area (Å²) in [6.45, 7) is 1.32. The molecule has 24 heavy (non-hydrogen) atoms. The molecule has 1 aromatic carbocycles. The Morgan fingerprint density at radius 1 is 1.25 bits per heavy atom. The Labute approximate surface area is 143 Å². The molecule has 0 aliphatic heterocycles. The van der Waals surface area contributed by atoms with Gasteiger partial charge < -0.3 is 10.1 Å². The fraction of sp³-hybridized carbons (Fsp3) is 0.294. The van der Waals surface area contributed by atoms with E-state index >= 15 is 0 Å². The van der Waals surface area contributed by atoms with Gasteiger partial charge in [-0.2, -0.15) is 8.78 Å². The third-order valence-corrected chi connectivity index (χ3v) is 3.57. The van der Waals surface area contributed by atoms with Crippen molar-refractivity contribution in [2.75, 3.05) is 18.5 Å². The van der Waals surface area contributed by atoms with Gasteiger partial charge in [0, 0.05) is 5.56 Å². The number of benzene rings is 1. The summed E-state index contributed by atoms with van der Waals surface area (Å²) in [5.41, 5.74) is 0.196. The van der Waals surface area contributed by atoms with Crippen LogP contribution in [0.25, 0.3) is 0 Å². The molecule has 2 rings (SSSR count). The van der Waals surface area contributed by atoms with Crippen LogP contribution in [0, 0.1) is 0 Å². The quantitative estimate of drug-likeness (QED) is 0.762. The number of ether oxygens (including phenoxy) is 1. The Hall–Kier alpha value is -2.21. The number of nitrogens with zero attached hydrogens (tertiary/aromatic N) is 1. The van der Waals surface area contributed by atoms with Gasteiger partial charge in [-0.25, -0.2) is 4.98 Å². The van der Waals surface area contributed by atoms with E-state index in [2.05, 4.69) is 10.3 Å². The number of carbonyl (C=O) groups excluding carboxylic acids is 1. The molecule has 0 unspecified atom stereocenters. The van der Waals surface area contributed by atoms with Crippen molar-refractivity contribution in [1.29, 1.82) is 0 Å². The highest BCUT2D eigenvalue weighted by Crippen LogP contribution is 2.28. The third-order valence-electron chi connectivity index (χ3n) is 3.22. The summed E-state index contributed by atoms with van der Waals surface area (Å²) in [6, 6.07) is 10.5. The topological polar surface area (TPSA) is 51.2 Å². The van der Waals surface area contributed by atoms with Gasteiger partial charge in [0.25, 0.3) is 5.92 Å². The lowest BCUT2D eigenvalue weighted by Gasteiger charge is -2.18. The number of esters is 1. The van der Waals surface area contributed by atoms with Crippen molar-refractivity contribution < 1.29 is 18.3 Å². The lowest BCUT2D eigenvalue weighted by Crippen LogP contribution is -2.25. The summed E-state index contributed by atoms with van der Waals surface area (Å²) in [6.07, 6.45) is -0.114. The highest BCUT2D eigenvalue weighted by molar-refractivity contribution is 6.31. The Morgan fingerprint density at radius 2 is 1.96 bits per heavy atom. The van der Waals surface area contributed by atoms with Crippen LogP contribution in [0.1, 0.15) is 18.2 Å². The third kappa shape index (κ3) is 4.89. The number of aromatic nitrogens is 1. The zero-order chi connectivity index (χ0) is 17.6. The minimum Gasteiger partial charge on any atom is -0.466 e. The molecule has 0 bridgehead atoms. The average molecular weight is 355 g/mol.